The molecule has 0 aliphatic heterocycles. The summed E-state index contributed by atoms with van der Waals surface area (Å²) >= 11 is 0. The first kappa shape index (κ1) is 11.5. The topological polar surface area (TPSA) is 105 Å². The Morgan fingerprint density at radius 2 is 2.00 bits per heavy atom. The van der Waals surface area contributed by atoms with Gasteiger partial charge in [0.1, 0.15) is 5.70 Å². The third-order valence-electron chi connectivity index (χ3n) is 1.59. The smallest absolute Gasteiger partial charge is 0.266 e. The van der Waals surface area contributed by atoms with E-state index < -0.39 is 5.91 Å². The molecule has 0 fully saturated rings. The van der Waals surface area contributed by atoms with E-state index in [0.717, 1.165) is 6.42 Å². The van der Waals surface area contributed by atoms with Crippen molar-refractivity contribution in [3.63, 3.8) is 0 Å². The molecule has 0 heterocycles. The molecule has 5 heteroatoms. The van der Waals surface area contributed by atoms with Crippen molar-refractivity contribution in [2.45, 2.75) is 19.8 Å². The molecule has 0 unspecified atom stereocenters. The lowest BCUT2D eigenvalue weighted by Gasteiger charge is -2.08. The van der Waals surface area contributed by atoms with Gasteiger partial charge in [0.05, 0.1) is 11.4 Å². The fraction of sp³-hybridized carbons (Fsp3) is 0.500. The predicted octanol–water partition coefficient (Wildman–Crippen LogP) is -0.319. The van der Waals surface area contributed by atoms with Crippen LogP contribution in [0.15, 0.2) is 11.4 Å². The largest absolute Gasteiger partial charge is 0.395 e. The van der Waals surface area contributed by atoms with E-state index in [2.05, 4.69) is 5.32 Å². The van der Waals surface area contributed by atoms with Crippen molar-refractivity contribution in [1.82, 2.24) is 5.32 Å². The molecule has 0 radical (unpaired) electrons. The summed E-state index contributed by atoms with van der Waals surface area (Å²) in [7, 11) is 1.55. The molecule has 1 amide bonds. The van der Waals surface area contributed by atoms with Gasteiger partial charge in [0, 0.05) is 7.05 Å². The molecule has 0 saturated carbocycles. The van der Waals surface area contributed by atoms with E-state index in [-0.39, 0.29) is 17.1 Å². The van der Waals surface area contributed by atoms with Crippen molar-refractivity contribution in [2.75, 3.05) is 7.05 Å². The highest BCUT2D eigenvalue weighted by Gasteiger charge is 2.11. The second-order valence-corrected chi connectivity index (χ2v) is 2.63. The molecule has 13 heavy (non-hydrogen) atoms. The number of likely N-dealkylation sites (N-methyl/N-ethyl adjacent to an activating group) is 1. The number of amides is 1. The second-order valence-electron chi connectivity index (χ2n) is 2.63. The average molecular weight is 184 g/mol. The summed E-state index contributed by atoms with van der Waals surface area (Å²) in [5, 5.41) is 10.1. The summed E-state index contributed by atoms with van der Waals surface area (Å²) in [6.07, 6.45) is 1.36. The van der Waals surface area contributed by atoms with Gasteiger partial charge in [0.25, 0.3) is 5.91 Å². The number of carbonyl (C=O) groups excluding carboxylic acids is 1. The minimum absolute atomic E-state index is 0.110. The van der Waals surface area contributed by atoms with Crippen molar-refractivity contribution in [3.8, 4) is 0 Å². The predicted molar refractivity (Wildman–Crippen MR) is 52.1 cm³/mol. The fourth-order valence-corrected chi connectivity index (χ4v) is 0.926. The van der Waals surface area contributed by atoms with Gasteiger partial charge in [-0.2, -0.15) is 0 Å². The summed E-state index contributed by atoms with van der Waals surface area (Å²) in [6.45, 7) is 1.94. The third-order valence-corrected chi connectivity index (χ3v) is 1.59. The number of nitrogens with two attached hydrogens (primary N) is 2. The molecule has 0 saturated heterocycles. The number of hydrogen-bond acceptors (Lipinski definition) is 4. The molecule has 5 nitrogen and oxygen atoms in total. The Morgan fingerprint density at radius 3 is 2.31 bits per heavy atom. The molecule has 0 aromatic rings. The van der Waals surface area contributed by atoms with Crippen LogP contribution in [-0.2, 0) is 4.79 Å². The zero-order chi connectivity index (χ0) is 10.4. The van der Waals surface area contributed by atoms with E-state index in [0.29, 0.717) is 6.42 Å². The van der Waals surface area contributed by atoms with Crippen LogP contribution in [0.2, 0.25) is 0 Å². The molecular formula is C8H16N4O. The molecule has 0 aliphatic carbocycles. The van der Waals surface area contributed by atoms with E-state index in [9.17, 15) is 4.79 Å². The average Bonchev–Trinajstić information content (AvgIpc) is 2.05. The van der Waals surface area contributed by atoms with E-state index >= 15 is 0 Å². The molecule has 6 N–H and O–H groups in total. The van der Waals surface area contributed by atoms with Crippen LogP contribution < -0.4 is 16.8 Å². The van der Waals surface area contributed by atoms with E-state index in [1.165, 1.54) is 0 Å². The van der Waals surface area contributed by atoms with Gasteiger partial charge >= 0.3 is 0 Å². The maximum Gasteiger partial charge on any atom is 0.266 e. The first-order chi connectivity index (χ1) is 6.04. The van der Waals surface area contributed by atoms with Crippen LogP contribution >= 0.6 is 0 Å². The molecule has 0 aromatic heterocycles. The lowest BCUT2D eigenvalue weighted by atomic mass is 10.1. The molecule has 0 atom stereocenters. The van der Waals surface area contributed by atoms with Gasteiger partial charge in [-0.1, -0.05) is 13.3 Å². The minimum atomic E-state index is -0.638. The van der Waals surface area contributed by atoms with Crippen molar-refractivity contribution < 1.29 is 4.79 Å². The number of nitrogens with one attached hydrogen (secondary N) is 2. The third kappa shape index (κ3) is 3.14. The van der Waals surface area contributed by atoms with Crippen molar-refractivity contribution in [2.24, 2.45) is 11.5 Å². The molecule has 0 rings (SSSR count). The van der Waals surface area contributed by atoms with Crippen LogP contribution in [0.25, 0.3) is 0 Å². The molecule has 0 aliphatic rings. The Labute approximate surface area is 77.7 Å². The summed E-state index contributed by atoms with van der Waals surface area (Å²) in [5.41, 5.74) is 11.1. The minimum Gasteiger partial charge on any atom is -0.395 e. The van der Waals surface area contributed by atoms with Crippen LogP contribution in [0.3, 0.4) is 0 Å². The van der Waals surface area contributed by atoms with Crippen LogP contribution in [-0.4, -0.2) is 18.7 Å². The zero-order valence-electron chi connectivity index (χ0n) is 7.98. The molecule has 74 valence electrons. The standard InChI is InChI=1S/C8H16N4O/c1-3-4-5(9)6(10)7(12-2)8(11)13/h9,12H,3-4,10H2,1-2H3,(H2,11,13)/b7-6+,9-5?. The zero-order valence-corrected chi connectivity index (χ0v) is 7.98. The Morgan fingerprint density at radius 1 is 1.46 bits per heavy atom. The van der Waals surface area contributed by atoms with Gasteiger partial charge in [-0.25, -0.2) is 0 Å². The van der Waals surface area contributed by atoms with Crippen molar-refractivity contribution >= 4 is 11.6 Å². The highest BCUT2D eigenvalue weighted by molar-refractivity contribution is 6.05. The monoisotopic (exact) mass is 184 g/mol. The fourth-order valence-electron chi connectivity index (χ4n) is 0.926. The van der Waals surface area contributed by atoms with Crippen LogP contribution in [0.5, 0.6) is 0 Å². The maximum atomic E-state index is 10.8. The van der Waals surface area contributed by atoms with Gasteiger partial charge in [-0.05, 0) is 6.42 Å². The number of carbonyl (C=O) groups is 1. The first-order valence-electron chi connectivity index (χ1n) is 4.09. The summed E-state index contributed by atoms with van der Waals surface area (Å²) in [6, 6.07) is 0. The lowest BCUT2D eigenvalue weighted by Crippen LogP contribution is -2.30. The summed E-state index contributed by atoms with van der Waals surface area (Å²) in [5.74, 6) is -0.638. The van der Waals surface area contributed by atoms with Gasteiger partial charge < -0.3 is 22.2 Å². The van der Waals surface area contributed by atoms with E-state index in [1.807, 2.05) is 6.92 Å². The number of hydrogen-bond donors (Lipinski definition) is 4. The van der Waals surface area contributed by atoms with Crippen LogP contribution in [0.1, 0.15) is 19.8 Å². The Balaban J connectivity index is 4.74. The van der Waals surface area contributed by atoms with Crippen molar-refractivity contribution in [3.05, 3.63) is 11.4 Å². The highest BCUT2D eigenvalue weighted by atomic mass is 16.1. The highest BCUT2D eigenvalue weighted by Crippen LogP contribution is 2.01. The summed E-state index contributed by atoms with van der Waals surface area (Å²) < 4.78 is 0. The summed E-state index contributed by atoms with van der Waals surface area (Å²) in [4.78, 5) is 10.8. The number of rotatable bonds is 5. The van der Waals surface area contributed by atoms with Crippen LogP contribution in [0, 0.1) is 5.41 Å². The molecule has 0 aromatic carbocycles. The van der Waals surface area contributed by atoms with E-state index in [4.69, 9.17) is 16.9 Å². The molecular weight excluding hydrogens is 168 g/mol. The Bertz CT molecular complexity index is 245. The van der Waals surface area contributed by atoms with Gasteiger partial charge in [-0.15, -0.1) is 0 Å². The molecule has 0 spiro atoms. The van der Waals surface area contributed by atoms with Gasteiger partial charge in [-0.3, -0.25) is 4.79 Å². The first-order valence-corrected chi connectivity index (χ1v) is 4.09. The van der Waals surface area contributed by atoms with E-state index in [1.54, 1.807) is 7.05 Å². The Hall–Kier alpha value is -1.52. The quantitative estimate of drug-likeness (QED) is 0.347. The second kappa shape index (κ2) is 5.18. The van der Waals surface area contributed by atoms with Gasteiger partial charge in [0.15, 0.2) is 0 Å². The molecule has 0 bridgehead atoms. The van der Waals surface area contributed by atoms with Crippen LogP contribution in [0.4, 0.5) is 0 Å². The normalized spacial score (nSPS) is 11.8. The maximum absolute atomic E-state index is 10.8. The Kier molecular flexibility index (Phi) is 4.58. The number of primary amides is 1. The van der Waals surface area contributed by atoms with Crippen molar-refractivity contribution in [1.29, 1.82) is 5.41 Å². The van der Waals surface area contributed by atoms with Gasteiger partial charge in [0.2, 0.25) is 0 Å². The SMILES string of the molecule is CCCC(=N)/C(N)=C(\NC)C(N)=O. The number of allylic oxidation sites excluding steroid dienone is 1. The lowest BCUT2D eigenvalue weighted by molar-refractivity contribution is -0.114.